The lowest BCUT2D eigenvalue weighted by molar-refractivity contribution is -0.121. The normalized spacial score (nSPS) is 19.1. The molecule has 0 saturated heterocycles. The summed E-state index contributed by atoms with van der Waals surface area (Å²) >= 11 is 0. The quantitative estimate of drug-likeness (QED) is 0.717. The Balaban J connectivity index is 1.33. The molecule has 2 N–H and O–H groups in total. The van der Waals surface area contributed by atoms with Crippen LogP contribution in [0.5, 0.6) is 0 Å². The smallest absolute Gasteiger partial charge is 0.256 e. The Hall–Kier alpha value is -3.09. The van der Waals surface area contributed by atoms with Crippen molar-refractivity contribution < 1.29 is 9.59 Å². The summed E-state index contributed by atoms with van der Waals surface area (Å²) < 4.78 is 2.08. The van der Waals surface area contributed by atoms with Gasteiger partial charge in [0.25, 0.3) is 5.91 Å². The molecule has 0 radical (unpaired) electrons. The van der Waals surface area contributed by atoms with Gasteiger partial charge < -0.3 is 19.8 Å². The molecule has 0 unspecified atom stereocenters. The molecule has 1 fully saturated rings. The monoisotopic (exact) mass is 391 g/mol. The summed E-state index contributed by atoms with van der Waals surface area (Å²) in [6.07, 6.45) is 7.39. The molecule has 2 amide bonds. The number of amides is 2. The van der Waals surface area contributed by atoms with Gasteiger partial charge in [0.2, 0.25) is 5.91 Å². The van der Waals surface area contributed by atoms with Crippen LogP contribution in [-0.4, -0.2) is 43.8 Å². The van der Waals surface area contributed by atoms with E-state index in [9.17, 15) is 9.59 Å². The largest absolute Gasteiger partial charge is 0.360 e. The third-order valence-electron chi connectivity index (χ3n) is 6.17. The molecule has 7 heteroatoms. The Morgan fingerprint density at radius 1 is 1.24 bits per heavy atom. The van der Waals surface area contributed by atoms with Crippen LogP contribution in [0.4, 0.5) is 0 Å². The number of nitrogens with zero attached hydrogens (tertiary/aromatic N) is 3. The van der Waals surface area contributed by atoms with Crippen LogP contribution in [0.1, 0.15) is 54.1 Å². The van der Waals surface area contributed by atoms with Gasteiger partial charge in [-0.3, -0.25) is 9.59 Å². The third-order valence-corrected chi connectivity index (χ3v) is 6.17. The molecule has 150 valence electrons. The first-order valence-electron chi connectivity index (χ1n) is 10.3. The topological polar surface area (TPSA) is 83.0 Å². The van der Waals surface area contributed by atoms with Crippen molar-refractivity contribution in [1.29, 1.82) is 0 Å². The molecule has 2 aliphatic rings. The number of para-hydroxylation sites is 1. The number of carbonyl (C=O) groups excluding carboxylic acids is 2. The second-order valence-corrected chi connectivity index (χ2v) is 8.08. The molecule has 0 spiro atoms. The molecule has 7 nitrogen and oxygen atoms in total. The number of H-pyrrole nitrogens is 1. The fourth-order valence-electron chi connectivity index (χ4n) is 4.31. The molecule has 1 aliphatic heterocycles. The van der Waals surface area contributed by atoms with Gasteiger partial charge >= 0.3 is 0 Å². The van der Waals surface area contributed by atoms with Gasteiger partial charge in [-0.05, 0) is 32.3 Å². The van der Waals surface area contributed by atoms with Gasteiger partial charge in [0, 0.05) is 42.4 Å². The Morgan fingerprint density at radius 2 is 2.07 bits per heavy atom. The summed E-state index contributed by atoms with van der Waals surface area (Å²) in [4.78, 5) is 35.2. The zero-order valence-corrected chi connectivity index (χ0v) is 16.5. The van der Waals surface area contributed by atoms with Crippen LogP contribution in [-0.2, 0) is 17.8 Å². The van der Waals surface area contributed by atoms with Crippen molar-refractivity contribution in [1.82, 2.24) is 24.8 Å². The number of nitrogens with one attached hydrogen (secondary N) is 2. The fourth-order valence-corrected chi connectivity index (χ4v) is 4.31. The molecule has 1 aromatic carbocycles. The molecule has 2 aromatic heterocycles. The number of rotatable bonds is 4. The lowest BCUT2D eigenvalue weighted by Gasteiger charge is -2.33. The standard InChI is InChI=1S/C22H25N5O2/c1-14-21-25-16(11-20(28)24-15-5-4-6-15)13-26(21)9-10-27(14)22(29)18-12-23-19-8-3-2-7-17(18)19/h2-3,7-8,12-15,23H,4-6,9-11H2,1H3,(H,24,28)/t14-/m1/s1. The first kappa shape index (κ1) is 18.0. The SMILES string of the molecule is C[C@@H]1c2nc(CC(=O)NC3CCC3)cn2CCN1C(=O)c1c[nH]c2ccccc12. The van der Waals surface area contributed by atoms with Gasteiger partial charge in [-0.25, -0.2) is 4.98 Å². The van der Waals surface area contributed by atoms with E-state index < -0.39 is 0 Å². The van der Waals surface area contributed by atoms with E-state index in [1.165, 1.54) is 6.42 Å². The van der Waals surface area contributed by atoms with E-state index in [1.54, 1.807) is 6.20 Å². The van der Waals surface area contributed by atoms with Crippen molar-refractivity contribution in [2.45, 2.75) is 51.2 Å². The highest BCUT2D eigenvalue weighted by molar-refractivity contribution is 6.06. The highest BCUT2D eigenvalue weighted by Crippen LogP contribution is 2.28. The average molecular weight is 391 g/mol. The summed E-state index contributed by atoms with van der Waals surface area (Å²) in [5.74, 6) is 0.883. The van der Waals surface area contributed by atoms with Crippen molar-refractivity contribution in [3.8, 4) is 0 Å². The predicted octanol–water partition coefficient (Wildman–Crippen LogP) is 2.79. The molecular weight excluding hydrogens is 366 g/mol. The molecule has 3 aromatic rings. The van der Waals surface area contributed by atoms with Crippen LogP contribution >= 0.6 is 0 Å². The summed E-state index contributed by atoms with van der Waals surface area (Å²) in [6.45, 7) is 3.31. The van der Waals surface area contributed by atoms with Crippen molar-refractivity contribution in [3.63, 3.8) is 0 Å². The van der Waals surface area contributed by atoms with Crippen molar-refractivity contribution in [3.05, 3.63) is 53.7 Å². The molecule has 1 saturated carbocycles. The number of aromatic amines is 1. The van der Waals surface area contributed by atoms with E-state index >= 15 is 0 Å². The number of aromatic nitrogens is 3. The minimum atomic E-state index is -0.145. The van der Waals surface area contributed by atoms with Crippen molar-refractivity contribution in [2.75, 3.05) is 6.54 Å². The maximum atomic E-state index is 13.2. The van der Waals surface area contributed by atoms with E-state index in [0.29, 0.717) is 31.1 Å². The van der Waals surface area contributed by atoms with Crippen LogP contribution in [0.15, 0.2) is 36.7 Å². The number of fused-ring (bicyclic) bond motifs is 2. The van der Waals surface area contributed by atoms with Crippen molar-refractivity contribution in [2.24, 2.45) is 0 Å². The minimum Gasteiger partial charge on any atom is -0.360 e. The Labute approximate surface area is 169 Å². The molecule has 1 aliphatic carbocycles. The van der Waals surface area contributed by atoms with Crippen LogP contribution in [0.3, 0.4) is 0 Å². The van der Waals surface area contributed by atoms with E-state index in [2.05, 4.69) is 14.9 Å². The van der Waals surface area contributed by atoms with E-state index in [4.69, 9.17) is 4.98 Å². The van der Waals surface area contributed by atoms with Gasteiger partial charge in [-0.2, -0.15) is 0 Å². The maximum absolute atomic E-state index is 13.2. The Kier molecular flexibility index (Phi) is 4.38. The van der Waals surface area contributed by atoms with Gasteiger partial charge in [0.1, 0.15) is 5.82 Å². The lowest BCUT2D eigenvalue weighted by atomic mass is 9.93. The van der Waals surface area contributed by atoms with E-state index in [-0.39, 0.29) is 17.9 Å². The summed E-state index contributed by atoms with van der Waals surface area (Å²) in [6, 6.07) is 8.03. The maximum Gasteiger partial charge on any atom is 0.256 e. The first-order chi connectivity index (χ1) is 14.1. The minimum absolute atomic E-state index is 0.00785. The second-order valence-electron chi connectivity index (χ2n) is 8.08. The zero-order valence-electron chi connectivity index (χ0n) is 16.5. The first-order valence-corrected chi connectivity index (χ1v) is 10.3. The van der Waals surface area contributed by atoms with Gasteiger partial charge in [0.05, 0.1) is 23.7 Å². The molecule has 0 bridgehead atoms. The highest BCUT2D eigenvalue weighted by Gasteiger charge is 2.31. The van der Waals surface area contributed by atoms with E-state index in [0.717, 1.165) is 35.3 Å². The number of hydrogen-bond donors (Lipinski definition) is 2. The summed E-state index contributed by atoms with van der Waals surface area (Å²) in [7, 11) is 0. The Morgan fingerprint density at radius 3 is 2.86 bits per heavy atom. The molecule has 29 heavy (non-hydrogen) atoms. The molecule has 3 heterocycles. The van der Waals surface area contributed by atoms with Crippen molar-refractivity contribution >= 4 is 22.7 Å². The van der Waals surface area contributed by atoms with E-state index in [1.807, 2.05) is 42.3 Å². The van der Waals surface area contributed by atoms with Crippen LogP contribution in [0.25, 0.3) is 10.9 Å². The highest BCUT2D eigenvalue weighted by atomic mass is 16.2. The molecule has 1 atom stereocenters. The van der Waals surface area contributed by atoms with Gasteiger partial charge in [-0.15, -0.1) is 0 Å². The van der Waals surface area contributed by atoms with Crippen LogP contribution in [0.2, 0.25) is 0 Å². The molecule has 5 rings (SSSR count). The number of benzene rings is 1. The lowest BCUT2D eigenvalue weighted by Crippen LogP contribution is -2.41. The summed E-state index contributed by atoms with van der Waals surface area (Å²) in [5.41, 5.74) is 2.42. The number of hydrogen-bond acceptors (Lipinski definition) is 3. The number of carbonyl (C=O) groups is 2. The van der Waals surface area contributed by atoms with Crippen LogP contribution in [0, 0.1) is 0 Å². The number of imidazole rings is 1. The molecular formula is C22H25N5O2. The van der Waals surface area contributed by atoms with Gasteiger partial charge in [0.15, 0.2) is 0 Å². The predicted molar refractivity (Wildman–Crippen MR) is 109 cm³/mol. The third kappa shape index (κ3) is 3.20. The summed E-state index contributed by atoms with van der Waals surface area (Å²) in [5, 5.41) is 4.00. The fraction of sp³-hybridized carbons (Fsp3) is 0.409. The average Bonchev–Trinajstić information content (AvgIpc) is 3.29. The van der Waals surface area contributed by atoms with Gasteiger partial charge in [-0.1, -0.05) is 18.2 Å². The van der Waals surface area contributed by atoms with Crippen LogP contribution < -0.4 is 5.32 Å². The zero-order chi connectivity index (χ0) is 20.0. The second kappa shape index (κ2) is 7.06. The Bertz CT molecular complexity index is 1080.